The molecule has 0 fully saturated rings. The number of carbonyl (C=O) groups excluding carboxylic acids is 1. The summed E-state index contributed by atoms with van der Waals surface area (Å²) in [6, 6.07) is -0.665. The van der Waals surface area contributed by atoms with Gasteiger partial charge in [-0.2, -0.15) is 0 Å². The van der Waals surface area contributed by atoms with Crippen molar-refractivity contribution in [3.63, 3.8) is 0 Å². The van der Waals surface area contributed by atoms with Gasteiger partial charge in [-0.15, -0.1) is 0 Å². The van der Waals surface area contributed by atoms with E-state index in [4.69, 9.17) is 15.2 Å². The first-order chi connectivity index (χ1) is 8.24. The van der Waals surface area contributed by atoms with Crippen molar-refractivity contribution in [3.05, 3.63) is 18.2 Å². The van der Waals surface area contributed by atoms with Gasteiger partial charge < -0.3 is 20.2 Å². The molecule has 0 spiro atoms. The van der Waals surface area contributed by atoms with Crippen LogP contribution in [0.5, 0.6) is 0 Å². The Labute approximate surface area is 101 Å². The van der Waals surface area contributed by atoms with Gasteiger partial charge in [0.1, 0.15) is 12.6 Å². The predicted molar refractivity (Wildman–Crippen MR) is 62.3 cm³/mol. The van der Waals surface area contributed by atoms with Crippen LogP contribution in [0.15, 0.2) is 12.5 Å². The molecule has 0 radical (unpaired) electrons. The Morgan fingerprint density at radius 2 is 2.35 bits per heavy atom. The molecular weight excluding hydrogens is 222 g/mol. The number of carbonyl (C=O) groups is 1. The second kappa shape index (κ2) is 7.81. The number of aromatic nitrogens is 2. The lowest BCUT2D eigenvalue weighted by atomic mass is 10.2. The maximum absolute atomic E-state index is 11.5. The summed E-state index contributed by atoms with van der Waals surface area (Å²) in [7, 11) is 0. The van der Waals surface area contributed by atoms with Crippen molar-refractivity contribution >= 4 is 5.97 Å². The van der Waals surface area contributed by atoms with E-state index < -0.39 is 12.0 Å². The average Bonchev–Trinajstić information content (AvgIpc) is 2.81. The Morgan fingerprint density at radius 3 is 3.00 bits per heavy atom. The van der Waals surface area contributed by atoms with Crippen molar-refractivity contribution in [1.82, 2.24) is 9.97 Å². The fourth-order valence-electron chi connectivity index (χ4n) is 1.27. The highest BCUT2D eigenvalue weighted by molar-refractivity contribution is 5.75. The first kappa shape index (κ1) is 13.7. The predicted octanol–water partition coefficient (Wildman–Crippen LogP) is 0.249. The molecule has 0 aliphatic carbocycles. The summed E-state index contributed by atoms with van der Waals surface area (Å²) in [5, 5.41) is 0. The van der Waals surface area contributed by atoms with Crippen LogP contribution in [-0.2, 0) is 20.7 Å². The molecule has 6 nitrogen and oxygen atoms in total. The van der Waals surface area contributed by atoms with E-state index in [0.29, 0.717) is 19.6 Å². The van der Waals surface area contributed by atoms with E-state index >= 15 is 0 Å². The lowest BCUT2D eigenvalue weighted by Gasteiger charge is -2.10. The zero-order valence-corrected chi connectivity index (χ0v) is 10.0. The minimum Gasteiger partial charge on any atom is -0.462 e. The van der Waals surface area contributed by atoms with Gasteiger partial charge in [-0.05, 0) is 6.42 Å². The van der Waals surface area contributed by atoms with Crippen molar-refractivity contribution in [2.24, 2.45) is 5.73 Å². The van der Waals surface area contributed by atoms with E-state index in [1.807, 2.05) is 6.92 Å². The highest BCUT2D eigenvalue weighted by Gasteiger charge is 2.15. The molecule has 96 valence electrons. The summed E-state index contributed by atoms with van der Waals surface area (Å²) in [5.74, 6) is -0.417. The molecule has 0 amide bonds. The zero-order chi connectivity index (χ0) is 12.5. The fourth-order valence-corrected chi connectivity index (χ4v) is 1.27. The van der Waals surface area contributed by atoms with E-state index in [1.54, 1.807) is 12.5 Å². The number of esters is 1. The third kappa shape index (κ3) is 5.46. The Kier molecular flexibility index (Phi) is 6.27. The maximum Gasteiger partial charge on any atom is 0.323 e. The Balaban J connectivity index is 2.14. The largest absolute Gasteiger partial charge is 0.462 e. The van der Waals surface area contributed by atoms with Crippen LogP contribution >= 0.6 is 0 Å². The molecule has 17 heavy (non-hydrogen) atoms. The molecule has 0 bridgehead atoms. The Bertz CT molecular complexity index is 314. The molecule has 6 heteroatoms. The van der Waals surface area contributed by atoms with Crippen molar-refractivity contribution < 1.29 is 14.3 Å². The fraction of sp³-hybridized carbons (Fsp3) is 0.636. The molecular formula is C11H19N3O3. The number of nitrogens with zero attached hydrogens (tertiary/aromatic N) is 1. The van der Waals surface area contributed by atoms with Gasteiger partial charge in [0.2, 0.25) is 0 Å². The molecule has 0 aliphatic heterocycles. The highest BCUT2D eigenvalue weighted by Crippen LogP contribution is 1.98. The van der Waals surface area contributed by atoms with Gasteiger partial charge in [-0.3, -0.25) is 4.79 Å². The first-order valence-electron chi connectivity index (χ1n) is 5.71. The number of hydrogen-bond donors (Lipinski definition) is 2. The van der Waals surface area contributed by atoms with Crippen LogP contribution in [0.3, 0.4) is 0 Å². The van der Waals surface area contributed by atoms with Crippen LogP contribution in [0.1, 0.15) is 19.0 Å². The van der Waals surface area contributed by atoms with Crippen molar-refractivity contribution in [2.75, 3.05) is 19.8 Å². The number of imidazole rings is 1. The van der Waals surface area contributed by atoms with Crippen LogP contribution in [0.2, 0.25) is 0 Å². The lowest BCUT2D eigenvalue weighted by Crippen LogP contribution is -2.35. The smallest absolute Gasteiger partial charge is 0.323 e. The van der Waals surface area contributed by atoms with Crippen molar-refractivity contribution in [3.8, 4) is 0 Å². The number of H-pyrrole nitrogens is 1. The summed E-state index contributed by atoms with van der Waals surface area (Å²) in [6.07, 6.45) is 4.53. The van der Waals surface area contributed by atoms with Gasteiger partial charge in [0, 0.05) is 24.9 Å². The van der Waals surface area contributed by atoms with E-state index in [1.165, 1.54) is 0 Å². The molecule has 1 aromatic rings. The molecule has 1 rings (SSSR count). The van der Waals surface area contributed by atoms with Crippen LogP contribution in [0, 0.1) is 0 Å². The quantitative estimate of drug-likeness (QED) is 0.503. The molecule has 0 aliphatic rings. The second-order valence-corrected chi connectivity index (χ2v) is 3.67. The minimum absolute atomic E-state index is 0.246. The van der Waals surface area contributed by atoms with Crippen molar-refractivity contribution in [2.45, 2.75) is 25.8 Å². The van der Waals surface area contributed by atoms with E-state index in [2.05, 4.69) is 9.97 Å². The molecule has 1 atom stereocenters. The van der Waals surface area contributed by atoms with E-state index in [-0.39, 0.29) is 6.61 Å². The average molecular weight is 241 g/mol. The summed E-state index contributed by atoms with van der Waals surface area (Å²) < 4.78 is 10.2. The zero-order valence-electron chi connectivity index (χ0n) is 10.0. The van der Waals surface area contributed by atoms with Crippen molar-refractivity contribution in [1.29, 1.82) is 0 Å². The number of ether oxygens (including phenoxy) is 2. The number of hydrogen-bond acceptors (Lipinski definition) is 5. The summed E-state index contributed by atoms with van der Waals surface area (Å²) >= 11 is 0. The molecule has 0 saturated heterocycles. The first-order valence-corrected chi connectivity index (χ1v) is 5.71. The van der Waals surface area contributed by atoms with E-state index in [9.17, 15) is 4.79 Å². The number of aromatic amines is 1. The highest BCUT2D eigenvalue weighted by atomic mass is 16.6. The van der Waals surface area contributed by atoms with E-state index in [0.717, 1.165) is 12.1 Å². The van der Waals surface area contributed by atoms with Crippen LogP contribution < -0.4 is 5.73 Å². The molecule has 0 saturated carbocycles. The Morgan fingerprint density at radius 1 is 1.53 bits per heavy atom. The van der Waals surface area contributed by atoms with Crippen LogP contribution in [0.25, 0.3) is 0 Å². The summed E-state index contributed by atoms with van der Waals surface area (Å²) in [4.78, 5) is 18.2. The normalized spacial score (nSPS) is 12.4. The summed E-state index contributed by atoms with van der Waals surface area (Å²) in [6.45, 7) is 3.36. The Hall–Kier alpha value is -1.40. The third-order valence-electron chi connectivity index (χ3n) is 2.12. The standard InChI is InChI=1S/C11H19N3O3/c1-2-3-16-4-5-17-11(15)10(12)6-9-7-13-8-14-9/h7-8,10H,2-6,12H2,1H3,(H,13,14). The van der Waals surface area contributed by atoms with Gasteiger partial charge in [0.15, 0.2) is 0 Å². The van der Waals surface area contributed by atoms with Gasteiger partial charge in [0.05, 0.1) is 12.9 Å². The molecule has 1 heterocycles. The topological polar surface area (TPSA) is 90.2 Å². The van der Waals surface area contributed by atoms with Gasteiger partial charge in [-0.1, -0.05) is 6.92 Å². The van der Waals surface area contributed by atoms with Crippen LogP contribution in [0.4, 0.5) is 0 Å². The molecule has 1 unspecified atom stereocenters. The van der Waals surface area contributed by atoms with Gasteiger partial charge in [-0.25, -0.2) is 4.98 Å². The molecule has 1 aromatic heterocycles. The maximum atomic E-state index is 11.5. The number of nitrogens with one attached hydrogen (secondary N) is 1. The molecule has 0 aromatic carbocycles. The van der Waals surface area contributed by atoms with Gasteiger partial charge in [0.25, 0.3) is 0 Å². The SMILES string of the molecule is CCCOCCOC(=O)C(N)Cc1cnc[nH]1. The summed E-state index contributed by atoms with van der Waals surface area (Å²) in [5.41, 5.74) is 6.50. The lowest BCUT2D eigenvalue weighted by molar-refractivity contribution is -0.146. The minimum atomic E-state index is -0.665. The third-order valence-corrected chi connectivity index (χ3v) is 2.12. The van der Waals surface area contributed by atoms with Gasteiger partial charge >= 0.3 is 5.97 Å². The molecule has 3 N–H and O–H groups in total. The van der Waals surface area contributed by atoms with Crippen LogP contribution in [-0.4, -0.2) is 41.8 Å². The number of rotatable bonds is 8. The second-order valence-electron chi connectivity index (χ2n) is 3.67. The monoisotopic (exact) mass is 241 g/mol. The number of nitrogens with two attached hydrogens (primary N) is 1.